The van der Waals surface area contributed by atoms with Gasteiger partial charge in [0.05, 0.1) is 5.92 Å². The summed E-state index contributed by atoms with van der Waals surface area (Å²) in [4.78, 5) is 24.3. The molecule has 0 aliphatic heterocycles. The lowest BCUT2D eigenvalue weighted by molar-refractivity contribution is -0.141. The fourth-order valence-electron chi connectivity index (χ4n) is 1.58. The molecule has 0 aliphatic carbocycles. The monoisotopic (exact) mass is 264 g/mol. The minimum Gasteiger partial charge on any atom is -0.481 e. The third kappa shape index (κ3) is 3.98. The van der Waals surface area contributed by atoms with Gasteiger partial charge in [0.1, 0.15) is 0 Å². The summed E-state index contributed by atoms with van der Waals surface area (Å²) in [6.07, 6.45) is 0. The summed E-state index contributed by atoms with van der Waals surface area (Å²) in [5.74, 6) is -1.55. The van der Waals surface area contributed by atoms with Crippen molar-refractivity contribution >= 4 is 17.7 Å². The van der Waals surface area contributed by atoms with Crippen molar-refractivity contribution in [3.63, 3.8) is 0 Å². The van der Waals surface area contributed by atoms with Gasteiger partial charge in [-0.25, -0.2) is 4.79 Å². The molecule has 0 aliphatic rings. The maximum Gasteiger partial charge on any atom is 0.321 e. The predicted octanol–water partition coefficient (Wildman–Crippen LogP) is 2.25. The molecule has 0 bridgehead atoms. The first kappa shape index (κ1) is 15.0. The van der Waals surface area contributed by atoms with Crippen LogP contribution in [0.4, 0.5) is 10.5 Å². The Morgan fingerprint density at radius 3 is 2.47 bits per heavy atom. The summed E-state index contributed by atoms with van der Waals surface area (Å²) in [6.45, 7) is 5.20. The summed E-state index contributed by atoms with van der Waals surface area (Å²) in [5, 5.41) is 11.6. The Bertz CT molecular complexity index is 474. The molecule has 2 unspecified atom stereocenters. The van der Waals surface area contributed by atoms with Crippen LogP contribution in [0.3, 0.4) is 0 Å². The van der Waals surface area contributed by atoms with Crippen LogP contribution in [0.15, 0.2) is 24.3 Å². The minimum atomic E-state index is -0.925. The van der Waals surface area contributed by atoms with E-state index in [1.807, 2.05) is 31.2 Å². The zero-order chi connectivity index (χ0) is 14.6. The molecule has 0 saturated heterocycles. The Labute approximate surface area is 113 Å². The number of hydrogen-bond acceptors (Lipinski definition) is 2. The summed E-state index contributed by atoms with van der Waals surface area (Å²) in [7, 11) is 1.66. The average molecular weight is 264 g/mol. The second-order valence-electron chi connectivity index (χ2n) is 4.76. The quantitative estimate of drug-likeness (QED) is 0.876. The lowest BCUT2D eigenvalue weighted by Gasteiger charge is -2.23. The van der Waals surface area contributed by atoms with Crippen molar-refractivity contribution in [3.8, 4) is 0 Å². The fraction of sp³-hybridized carbons (Fsp3) is 0.429. The Morgan fingerprint density at radius 2 is 1.95 bits per heavy atom. The van der Waals surface area contributed by atoms with Crippen LogP contribution in [0.2, 0.25) is 0 Å². The smallest absolute Gasteiger partial charge is 0.321 e. The third-order valence-corrected chi connectivity index (χ3v) is 3.18. The van der Waals surface area contributed by atoms with Crippen molar-refractivity contribution in [1.29, 1.82) is 0 Å². The van der Waals surface area contributed by atoms with Crippen LogP contribution >= 0.6 is 0 Å². The Morgan fingerprint density at radius 1 is 1.32 bits per heavy atom. The molecule has 19 heavy (non-hydrogen) atoms. The largest absolute Gasteiger partial charge is 0.481 e. The highest BCUT2D eigenvalue weighted by molar-refractivity contribution is 5.92. The molecule has 0 spiro atoms. The molecule has 1 aromatic rings. The number of nitrogens with zero attached hydrogens (tertiary/aromatic N) is 1. The molecule has 5 nitrogen and oxygen atoms in total. The van der Waals surface area contributed by atoms with Gasteiger partial charge in [-0.15, -0.1) is 0 Å². The molecule has 2 N–H and O–H groups in total. The average Bonchev–Trinajstić information content (AvgIpc) is 2.36. The van der Waals surface area contributed by atoms with E-state index in [9.17, 15) is 9.59 Å². The normalized spacial score (nSPS) is 13.5. The summed E-state index contributed by atoms with van der Waals surface area (Å²) < 4.78 is 0. The highest BCUT2D eigenvalue weighted by Crippen LogP contribution is 2.14. The number of carboxylic acid groups (broad SMARTS) is 1. The van der Waals surface area contributed by atoms with Gasteiger partial charge < -0.3 is 10.4 Å². The lowest BCUT2D eigenvalue weighted by atomic mass is 10.0. The van der Waals surface area contributed by atoms with Crippen molar-refractivity contribution in [2.45, 2.75) is 26.8 Å². The van der Waals surface area contributed by atoms with Crippen molar-refractivity contribution in [1.82, 2.24) is 5.32 Å². The number of amides is 2. The second kappa shape index (κ2) is 6.22. The van der Waals surface area contributed by atoms with Crippen molar-refractivity contribution in [2.75, 3.05) is 11.9 Å². The van der Waals surface area contributed by atoms with E-state index < -0.39 is 17.9 Å². The van der Waals surface area contributed by atoms with Crippen LogP contribution in [-0.2, 0) is 4.79 Å². The van der Waals surface area contributed by atoms with Gasteiger partial charge in [0.2, 0.25) is 0 Å². The highest BCUT2D eigenvalue weighted by Gasteiger charge is 2.22. The zero-order valence-electron chi connectivity index (χ0n) is 11.7. The Hall–Kier alpha value is -2.04. The molecule has 2 atom stereocenters. The topological polar surface area (TPSA) is 69.6 Å². The van der Waals surface area contributed by atoms with Crippen LogP contribution in [0.1, 0.15) is 19.4 Å². The number of aliphatic carboxylic acids is 1. The maximum atomic E-state index is 12.0. The van der Waals surface area contributed by atoms with Crippen molar-refractivity contribution in [2.24, 2.45) is 5.92 Å². The molecule has 1 aromatic carbocycles. The van der Waals surface area contributed by atoms with Gasteiger partial charge in [0, 0.05) is 18.8 Å². The van der Waals surface area contributed by atoms with Crippen LogP contribution in [0.25, 0.3) is 0 Å². The van der Waals surface area contributed by atoms with Crippen LogP contribution in [-0.4, -0.2) is 30.2 Å². The molecule has 1 rings (SSSR count). The first-order valence-electron chi connectivity index (χ1n) is 6.16. The first-order valence-corrected chi connectivity index (χ1v) is 6.16. The van der Waals surface area contributed by atoms with Gasteiger partial charge >= 0.3 is 12.0 Å². The highest BCUT2D eigenvalue weighted by atomic mass is 16.4. The minimum absolute atomic E-state index is 0.314. The van der Waals surface area contributed by atoms with E-state index in [2.05, 4.69) is 5.32 Å². The standard InChI is InChI=1S/C14H20N2O3/c1-9-6-5-7-12(8-9)16(4)14(19)15-11(3)10(2)13(17)18/h5-8,10-11H,1-4H3,(H,15,19)(H,17,18). The summed E-state index contributed by atoms with van der Waals surface area (Å²) in [5.41, 5.74) is 1.83. The summed E-state index contributed by atoms with van der Waals surface area (Å²) in [6, 6.07) is 6.80. The lowest BCUT2D eigenvalue weighted by Crippen LogP contribution is -2.46. The second-order valence-corrected chi connectivity index (χ2v) is 4.76. The third-order valence-electron chi connectivity index (χ3n) is 3.18. The predicted molar refractivity (Wildman–Crippen MR) is 74.4 cm³/mol. The van der Waals surface area contributed by atoms with Gasteiger partial charge in [0.15, 0.2) is 0 Å². The molecule has 0 radical (unpaired) electrons. The number of anilines is 1. The van der Waals surface area contributed by atoms with Crippen molar-refractivity contribution in [3.05, 3.63) is 29.8 Å². The van der Waals surface area contributed by atoms with Gasteiger partial charge in [-0.3, -0.25) is 9.69 Å². The molecule has 5 heteroatoms. The van der Waals surface area contributed by atoms with E-state index in [1.165, 1.54) is 4.90 Å². The number of carbonyl (C=O) groups is 2. The number of aryl methyl sites for hydroxylation is 1. The van der Waals surface area contributed by atoms with Crippen LogP contribution in [0, 0.1) is 12.8 Å². The maximum absolute atomic E-state index is 12.0. The van der Waals surface area contributed by atoms with E-state index in [0.717, 1.165) is 11.3 Å². The number of carbonyl (C=O) groups excluding carboxylic acids is 1. The Kier molecular flexibility index (Phi) is 4.92. The van der Waals surface area contributed by atoms with Crippen LogP contribution in [0.5, 0.6) is 0 Å². The molecule has 0 fully saturated rings. The SMILES string of the molecule is Cc1cccc(N(C)C(=O)NC(C)C(C)C(=O)O)c1. The van der Waals surface area contributed by atoms with Crippen molar-refractivity contribution < 1.29 is 14.7 Å². The van der Waals surface area contributed by atoms with Gasteiger partial charge in [-0.05, 0) is 38.5 Å². The van der Waals surface area contributed by atoms with Gasteiger partial charge in [0.25, 0.3) is 0 Å². The number of carboxylic acids is 1. The molecule has 104 valence electrons. The zero-order valence-corrected chi connectivity index (χ0v) is 11.7. The molecule has 0 aromatic heterocycles. The van der Waals surface area contributed by atoms with Crippen LogP contribution < -0.4 is 10.2 Å². The van der Waals surface area contributed by atoms with E-state index in [0.29, 0.717) is 0 Å². The molecule has 0 heterocycles. The Balaban J connectivity index is 2.70. The number of benzene rings is 1. The van der Waals surface area contributed by atoms with E-state index >= 15 is 0 Å². The van der Waals surface area contributed by atoms with Gasteiger partial charge in [-0.1, -0.05) is 12.1 Å². The van der Waals surface area contributed by atoms with Gasteiger partial charge in [-0.2, -0.15) is 0 Å². The number of nitrogens with one attached hydrogen (secondary N) is 1. The van der Waals surface area contributed by atoms with E-state index in [-0.39, 0.29) is 6.03 Å². The van der Waals surface area contributed by atoms with E-state index in [1.54, 1.807) is 20.9 Å². The molecular weight excluding hydrogens is 244 g/mol. The fourth-order valence-corrected chi connectivity index (χ4v) is 1.58. The number of urea groups is 1. The summed E-state index contributed by atoms with van der Waals surface area (Å²) >= 11 is 0. The first-order chi connectivity index (χ1) is 8.82. The molecule has 2 amide bonds. The molecule has 0 saturated carbocycles. The number of hydrogen-bond donors (Lipinski definition) is 2. The molecular formula is C14H20N2O3. The number of rotatable bonds is 4. The van der Waals surface area contributed by atoms with E-state index in [4.69, 9.17) is 5.11 Å².